The second-order valence-corrected chi connectivity index (χ2v) is 6.12. The molecule has 0 bridgehead atoms. The van der Waals surface area contributed by atoms with Crippen LogP contribution in [0.2, 0.25) is 0 Å². The second-order valence-electron chi connectivity index (χ2n) is 6.12. The third-order valence-corrected chi connectivity index (χ3v) is 4.63. The smallest absolute Gasteiger partial charge is 0.244 e. The summed E-state index contributed by atoms with van der Waals surface area (Å²) >= 11 is 0. The number of hydrogen-bond acceptors (Lipinski definition) is 4. The van der Waals surface area contributed by atoms with E-state index in [0.717, 1.165) is 36.3 Å². The lowest BCUT2D eigenvalue weighted by atomic mass is 9.81. The summed E-state index contributed by atoms with van der Waals surface area (Å²) in [7, 11) is 0. The van der Waals surface area contributed by atoms with Gasteiger partial charge < -0.3 is 5.32 Å². The van der Waals surface area contributed by atoms with Gasteiger partial charge in [-0.1, -0.05) is 12.8 Å². The molecule has 22 heavy (non-hydrogen) atoms. The molecule has 0 spiro atoms. The van der Waals surface area contributed by atoms with Gasteiger partial charge in [0.1, 0.15) is 6.54 Å². The summed E-state index contributed by atoms with van der Waals surface area (Å²) in [5, 5.41) is 9.51. The van der Waals surface area contributed by atoms with Crippen LogP contribution in [0, 0.1) is 25.7 Å². The summed E-state index contributed by atoms with van der Waals surface area (Å²) in [6.45, 7) is 3.37. The number of aromatic amines is 1. The number of imide groups is 1. The fourth-order valence-electron chi connectivity index (χ4n) is 3.44. The van der Waals surface area contributed by atoms with Crippen molar-refractivity contribution in [2.24, 2.45) is 11.8 Å². The maximum atomic E-state index is 12.3. The highest BCUT2D eigenvalue weighted by Gasteiger charge is 2.48. The molecule has 2 heterocycles. The van der Waals surface area contributed by atoms with Gasteiger partial charge in [-0.3, -0.25) is 24.4 Å². The Balaban J connectivity index is 1.69. The van der Waals surface area contributed by atoms with Crippen molar-refractivity contribution in [3.05, 3.63) is 11.4 Å². The van der Waals surface area contributed by atoms with E-state index in [0.29, 0.717) is 11.4 Å². The number of aryl methyl sites for hydroxylation is 2. The number of rotatable bonds is 3. The van der Waals surface area contributed by atoms with Crippen molar-refractivity contribution >= 4 is 23.4 Å². The average molecular weight is 304 g/mol. The quantitative estimate of drug-likeness (QED) is 0.819. The van der Waals surface area contributed by atoms with E-state index in [9.17, 15) is 14.4 Å². The third-order valence-electron chi connectivity index (χ3n) is 4.63. The van der Waals surface area contributed by atoms with Crippen LogP contribution in [0.15, 0.2) is 0 Å². The van der Waals surface area contributed by atoms with Crippen LogP contribution < -0.4 is 5.32 Å². The summed E-state index contributed by atoms with van der Waals surface area (Å²) in [5.41, 5.74) is 2.04. The number of nitrogens with one attached hydrogen (secondary N) is 2. The van der Waals surface area contributed by atoms with Crippen LogP contribution in [0.4, 0.5) is 5.69 Å². The van der Waals surface area contributed by atoms with Gasteiger partial charge in [-0.2, -0.15) is 5.10 Å². The molecule has 2 N–H and O–H groups in total. The molecule has 2 aliphatic rings. The molecule has 2 fully saturated rings. The molecule has 7 nitrogen and oxygen atoms in total. The number of likely N-dealkylation sites (tertiary alicyclic amines) is 1. The molecule has 1 saturated heterocycles. The highest BCUT2D eigenvalue weighted by atomic mass is 16.2. The van der Waals surface area contributed by atoms with Crippen LogP contribution in [-0.4, -0.2) is 39.4 Å². The minimum atomic E-state index is -0.368. The monoisotopic (exact) mass is 304 g/mol. The highest BCUT2D eigenvalue weighted by Crippen LogP contribution is 2.37. The van der Waals surface area contributed by atoms with Gasteiger partial charge in [0.05, 0.1) is 28.9 Å². The number of carbonyl (C=O) groups excluding carboxylic acids is 3. The number of hydrogen-bond donors (Lipinski definition) is 2. The number of anilines is 1. The van der Waals surface area contributed by atoms with Gasteiger partial charge in [-0.15, -0.1) is 0 Å². The number of fused-ring (bicyclic) bond motifs is 1. The lowest BCUT2D eigenvalue weighted by molar-refractivity contribution is -0.142. The lowest BCUT2D eigenvalue weighted by Gasteiger charge is -2.19. The van der Waals surface area contributed by atoms with Gasteiger partial charge in [0.15, 0.2) is 0 Å². The molecule has 1 aromatic rings. The summed E-state index contributed by atoms with van der Waals surface area (Å²) in [6, 6.07) is 0. The summed E-state index contributed by atoms with van der Waals surface area (Å²) in [5.74, 6) is -1.18. The second kappa shape index (κ2) is 5.55. The number of nitrogens with zero attached hydrogens (tertiary/aromatic N) is 2. The summed E-state index contributed by atoms with van der Waals surface area (Å²) in [4.78, 5) is 38.0. The van der Waals surface area contributed by atoms with E-state index in [1.54, 1.807) is 13.8 Å². The molecule has 2 unspecified atom stereocenters. The van der Waals surface area contributed by atoms with Crippen molar-refractivity contribution in [3.8, 4) is 0 Å². The van der Waals surface area contributed by atoms with Crippen LogP contribution in [0.5, 0.6) is 0 Å². The third kappa shape index (κ3) is 2.40. The van der Waals surface area contributed by atoms with Gasteiger partial charge in [-0.05, 0) is 26.7 Å². The Morgan fingerprint density at radius 3 is 2.32 bits per heavy atom. The minimum Gasteiger partial charge on any atom is -0.321 e. The first kappa shape index (κ1) is 14.7. The van der Waals surface area contributed by atoms with E-state index in [1.807, 2.05) is 0 Å². The van der Waals surface area contributed by atoms with Crippen LogP contribution in [-0.2, 0) is 14.4 Å². The van der Waals surface area contributed by atoms with Crippen molar-refractivity contribution in [1.82, 2.24) is 15.1 Å². The van der Waals surface area contributed by atoms with E-state index in [-0.39, 0.29) is 36.1 Å². The fraction of sp³-hybridized carbons (Fsp3) is 0.600. The highest BCUT2D eigenvalue weighted by molar-refractivity contribution is 6.08. The first-order valence-electron chi connectivity index (χ1n) is 7.65. The maximum Gasteiger partial charge on any atom is 0.244 e. The molecule has 1 aromatic heterocycles. The normalized spacial score (nSPS) is 24.5. The Morgan fingerprint density at radius 2 is 1.82 bits per heavy atom. The van der Waals surface area contributed by atoms with Crippen molar-refractivity contribution < 1.29 is 14.4 Å². The molecular weight excluding hydrogens is 284 g/mol. The largest absolute Gasteiger partial charge is 0.321 e. The molecule has 0 aromatic carbocycles. The van der Waals surface area contributed by atoms with Crippen molar-refractivity contribution in [2.45, 2.75) is 39.5 Å². The maximum absolute atomic E-state index is 12.3. The Kier molecular flexibility index (Phi) is 3.72. The summed E-state index contributed by atoms with van der Waals surface area (Å²) < 4.78 is 0. The number of carbonyl (C=O) groups is 3. The molecule has 3 amide bonds. The Labute approximate surface area is 128 Å². The average Bonchev–Trinajstić information content (AvgIpc) is 2.94. The Hall–Kier alpha value is -2.18. The van der Waals surface area contributed by atoms with Gasteiger partial charge in [0, 0.05) is 0 Å². The van der Waals surface area contributed by atoms with E-state index in [2.05, 4.69) is 15.5 Å². The Morgan fingerprint density at radius 1 is 1.23 bits per heavy atom. The van der Waals surface area contributed by atoms with Gasteiger partial charge in [0.2, 0.25) is 17.7 Å². The fourth-order valence-corrected chi connectivity index (χ4v) is 3.44. The molecular formula is C15H20N4O3. The van der Waals surface area contributed by atoms with Gasteiger partial charge in [0.25, 0.3) is 0 Å². The van der Waals surface area contributed by atoms with E-state index in [4.69, 9.17) is 0 Å². The number of amides is 3. The van der Waals surface area contributed by atoms with Gasteiger partial charge in [-0.25, -0.2) is 0 Å². The topological polar surface area (TPSA) is 95.2 Å². The van der Waals surface area contributed by atoms with Crippen LogP contribution in [0.1, 0.15) is 37.1 Å². The van der Waals surface area contributed by atoms with E-state index < -0.39 is 0 Å². The van der Waals surface area contributed by atoms with Crippen molar-refractivity contribution in [3.63, 3.8) is 0 Å². The van der Waals surface area contributed by atoms with Crippen LogP contribution >= 0.6 is 0 Å². The molecule has 2 atom stereocenters. The van der Waals surface area contributed by atoms with Crippen LogP contribution in [0.3, 0.4) is 0 Å². The minimum absolute atomic E-state index is 0.189. The molecule has 7 heteroatoms. The van der Waals surface area contributed by atoms with E-state index in [1.165, 1.54) is 0 Å². The molecule has 1 aliphatic carbocycles. The SMILES string of the molecule is Cc1n[nH]c(C)c1NC(=O)CN1C(=O)C2CCCCC2C1=O. The van der Waals surface area contributed by atoms with Gasteiger partial charge >= 0.3 is 0 Å². The molecule has 1 saturated carbocycles. The zero-order valence-electron chi connectivity index (χ0n) is 12.8. The number of aromatic nitrogens is 2. The first-order valence-corrected chi connectivity index (χ1v) is 7.65. The predicted octanol–water partition coefficient (Wildman–Crippen LogP) is 1.14. The molecule has 0 radical (unpaired) electrons. The zero-order valence-corrected chi connectivity index (χ0v) is 12.8. The molecule has 3 rings (SSSR count). The first-order chi connectivity index (χ1) is 10.5. The lowest BCUT2D eigenvalue weighted by Crippen LogP contribution is -2.38. The van der Waals surface area contributed by atoms with Crippen LogP contribution in [0.25, 0.3) is 0 Å². The van der Waals surface area contributed by atoms with Crippen molar-refractivity contribution in [2.75, 3.05) is 11.9 Å². The molecule has 1 aliphatic heterocycles. The predicted molar refractivity (Wildman–Crippen MR) is 78.9 cm³/mol. The van der Waals surface area contributed by atoms with E-state index >= 15 is 0 Å². The zero-order chi connectivity index (χ0) is 15.9. The standard InChI is InChI=1S/C15H20N4O3/c1-8-13(9(2)18-17-8)16-12(20)7-19-14(21)10-5-3-4-6-11(10)15(19)22/h10-11H,3-7H2,1-2H3,(H,16,20)(H,17,18). The Bertz CT molecular complexity index is 593. The number of H-pyrrole nitrogens is 1. The molecule has 118 valence electrons. The van der Waals surface area contributed by atoms with Crippen molar-refractivity contribution in [1.29, 1.82) is 0 Å². The summed E-state index contributed by atoms with van der Waals surface area (Å²) in [6.07, 6.45) is 3.47.